The molecule has 1 aromatic carbocycles. The molecule has 1 N–H and O–H groups in total. The van der Waals surface area contributed by atoms with E-state index in [-0.39, 0.29) is 5.75 Å². The van der Waals surface area contributed by atoms with Gasteiger partial charge in [-0.05, 0) is 18.6 Å². The summed E-state index contributed by atoms with van der Waals surface area (Å²) in [4.78, 5) is 0. The SMILES string of the molecule is [NH]S(=O)(=O)CCCOc1ccccc1. The molecule has 0 bridgehead atoms. The lowest BCUT2D eigenvalue weighted by atomic mass is 10.3. The smallest absolute Gasteiger partial charge is 0.225 e. The minimum absolute atomic E-state index is 0.153. The molecule has 0 fully saturated rings. The third kappa shape index (κ3) is 4.84. The molecule has 77 valence electrons. The molecule has 1 rings (SSSR count). The number of ether oxygens (including phenoxy) is 1. The highest BCUT2D eigenvalue weighted by Gasteiger charge is 2.02. The summed E-state index contributed by atoms with van der Waals surface area (Å²) < 4.78 is 26.2. The Hall–Kier alpha value is -1.07. The predicted molar refractivity (Wildman–Crippen MR) is 53.4 cm³/mol. The maximum Gasteiger partial charge on any atom is 0.225 e. The summed E-state index contributed by atoms with van der Waals surface area (Å²) in [5.41, 5.74) is 0. The first-order valence-corrected chi connectivity index (χ1v) is 5.88. The van der Waals surface area contributed by atoms with E-state index >= 15 is 0 Å². The first-order chi connectivity index (χ1) is 6.58. The molecule has 0 unspecified atom stereocenters. The zero-order chi connectivity index (χ0) is 10.4. The van der Waals surface area contributed by atoms with Crippen LogP contribution in [0.4, 0.5) is 0 Å². The molecule has 4 nitrogen and oxygen atoms in total. The Morgan fingerprint density at radius 3 is 2.43 bits per heavy atom. The van der Waals surface area contributed by atoms with Crippen molar-refractivity contribution in [3.8, 4) is 5.75 Å². The van der Waals surface area contributed by atoms with Gasteiger partial charge in [0.15, 0.2) is 0 Å². The quantitative estimate of drug-likeness (QED) is 0.688. The Labute approximate surface area is 83.7 Å². The first kappa shape index (κ1) is 11.0. The van der Waals surface area contributed by atoms with E-state index in [1.807, 2.05) is 18.2 Å². The highest BCUT2D eigenvalue weighted by Crippen LogP contribution is 2.08. The van der Waals surface area contributed by atoms with E-state index in [4.69, 9.17) is 9.88 Å². The number of sulfonamides is 1. The van der Waals surface area contributed by atoms with Crippen LogP contribution in [0.3, 0.4) is 0 Å². The van der Waals surface area contributed by atoms with Crippen LogP contribution in [0, 0.1) is 0 Å². The van der Waals surface area contributed by atoms with Crippen LogP contribution < -0.4 is 9.88 Å². The molecule has 0 atom stereocenters. The largest absolute Gasteiger partial charge is 0.494 e. The van der Waals surface area contributed by atoms with Crippen molar-refractivity contribution in [2.45, 2.75) is 6.42 Å². The number of nitrogens with one attached hydrogen (secondary N) is 1. The van der Waals surface area contributed by atoms with E-state index < -0.39 is 10.0 Å². The maximum absolute atomic E-state index is 10.5. The van der Waals surface area contributed by atoms with Crippen molar-refractivity contribution in [2.75, 3.05) is 12.4 Å². The molecule has 0 amide bonds. The Morgan fingerprint density at radius 2 is 1.86 bits per heavy atom. The average Bonchev–Trinajstić information content (AvgIpc) is 2.13. The molecule has 1 radical (unpaired) electrons. The fourth-order valence-electron chi connectivity index (χ4n) is 0.956. The summed E-state index contributed by atoms with van der Waals surface area (Å²) in [6.45, 7) is 0.322. The van der Waals surface area contributed by atoms with Crippen LogP contribution in [-0.2, 0) is 10.0 Å². The van der Waals surface area contributed by atoms with Gasteiger partial charge in [0.05, 0.1) is 12.4 Å². The molecule has 0 aromatic heterocycles. The molecule has 14 heavy (non-hydrogen) atoms. The second kappa shape index (κ2) is 4.97. The number of hydrogen-bond acceptors (Lipinski definition) is 3. The van der Waals surface area contributed by atoms with Gasteiger partial charge in [-0.15, -0.1) is 5.14 Å². The van der Waals surface area contributed by atoms with Gasteiger partial charge in [0.25, 0.3) is 0 Å². The van der Waals surface area contributed by atoms with Crippen LogP contribution in [-0.4, -0.2) is 20.8 Å². The molecule has 0 aliphatic rings. The summed E-state index contributed by atoms with van der Waals surface area (Å²) in [6.07, 6.45) is 0.348. The molecule has 0 heterocycles. The summed E-state index contributed by atoms with van der Waals surface area (Å²) in [5.74, 6) is 0.565. The van der Waals surface area contributed by atoms with Crippen molar-refractivity contribution < 1.29 is 13.2 Å². The summed E-state index contributed by atoms with van der Waals surface area (Å²) in [7, 11) is -3.61. The molecular formula is C9H12NO3S. The fourth-order valence-corrected chi connectivity index (χ4v) is 1.45. The van der Waals surface area contributed by atoms with Crippen molar-refractivity contribution in [3.05, 3.63) is 30.3 Å². The van der Waals surface area contributed by atoms with Crippen LogP contribution in [0.2, 0.25) is 0 Å². The Balaban J connectivity index is 2.23. The van der Waals surface area contributed by atoms with Crippen LogP contribution in [0.25, 0.3) is 0 Å². The zero-order valence-electron chi connectivity index (χ0n) is 7.64. The summed E-state index contributed by atoms with van der Waals surface area (Å²) >= 11 is 0. The van der Waals surface area contributed by atoms with Gasteiger partial charge in [0.2, 0.25) is 10.0 Å². The average molecular weight is 214 g/mol. The lowest BCUT2D eigenvalue weighted by Crippen LogP contribution is -2.09. The minimum atomic E-state index is -3.61. The van der Waals surface area contributed by atoms with E-state index in [0.29, 0.717) is 13.0 Å². The van der Waals surface area contributed by atoms with Crippen LogP contribution in [0.5, 0.6) is 5.75 Å². The van der Waals surface area contributed by atoms with Crippen molar-refractivity contribution in [1.82, 2.24) is 5.14 Å². The van der Waals surface area contributed by atoms with E-state index in [2.05, 4.69) is 0 Å². The van der Waals surface area contributed by atoms with E-state index in [1.165, 1.54) is 0 Å². The number of rotatable bonds is 5. The van der Waals surface area contributed by atoms with Gasteiger partial charge in [-0.2, -0.15) is 0 Å². The van der Waals surface area contributed by atoms with Gasteiger partial charge in [0, 0.05) is 0 Å². The second-order valence-corrected chi connectivity index (χ2v) is 4.47. The normalized spacial score (nSPS) is 11.2. The first-order valence-electron chi connectivity index (χ1n) is 4.23. The van der Waals surface area contributed by atoms with Gasteiger partial charge in [0.1, 0.15) is 5.75 Å². The van der Waals surface area contributed by atoms with Gasteiger partial charge < -0.3 is 4.74 Å². The molecule has 0 aliphatic carbocycles. The molecule has 0 saturated heterocycles. The van der Waals surface area contributed by atoms with E-state index in [9.17, 15) is 8.42 Å². The topological polar surface area (TPSA) is 67.2 Å². The highest BCUT2D eigenvalue weighted by molar-refractivity contribution is 7.88. The molecule has 1 aromatic rings. The highest BCUT2D eigenvalue weighted by atomic mass is 32.2. The van der Waals surface area contributed by atoms with Crippen molar-refractivity contribution >= 4 is 10.0 Å². The van der Waals surface area contributed by atoms with Crippen LogP contribution in [0.15, 0.2) is 30.3 Å². The Morgan fingerprint density at radius 1 is 1.21 bits per heavy atom. The number of benzene rings is 1. The summed E-state index contributed by atoms with van der Waals surface area (Å²) in [5, 5.41) is 6.63. The van der Waals surface area contributed by atoms with Gasteiger partial charge in [-0.3, -0.25) is 0 Å². The second-order valence-electron chi connectivity index (χ2n) is 2.83. The predicted octanol–water partition coefficient (Wildman–Crippen LogP) is 1.07. The van der Waals surface area contributed by atoms with Crippen molar-refractivity contribution in [3.63, 3.8) is 0 Å². The fraction of sp³-hybridized carbons (Fsp3) is 0.333. The van der Waals surface area contributed by atoms with E-state index in [0.717, 1.165) is 5.75 Å². The van der Waals surface area contributed by atoms with E-state index in [1.54, 1.807) is 12.1 Å². The molecule has 0 aliphatic heterocycles. The number of hydrogen-bond donors (Lipinski definition) is 0. The maximum atomic E-state index is 10.5. The van der Waals surface area contributed by atoms with Crippen LogP contribution in [0.1, 0.15) is 6.42 Å². The standard InChI is InChI=1S/C9H12NO3S/c10-14(11,12)8-4-7-13-9-5-2-1-3-6-9/h1-3,5-6,10H,4,7-8H2. The lowest BCUT2D eigenvalue weighted by Gasteiger charge is -2.04. The molecular weight excluding hydrogens is 202 g/mol. The summed E-state index contributed by atoms with van der Waals surface area (Å²) in [6, 6.07) is 9.17. The van der Waals surface area contributed by atoms with Crippen molar-refractivity contribution in [2.24, 2.45) is 0 Å². The Kier molecular flexibility index (Phi) is 3.91. The molecule has 5 heteroatoms. The van der Waals surface area contributed by atoms with Crippen LogP contribution >= 0.6 is 0 Å². The van der Waals surface area contributed by atoms with Crippen molar-refractivity contribution in [1.29, 1.82) is 0 Å². The van der Waals surface area contributed by atoms with Gasteiger partial charge in [-0.25, -0.2) is 8.42 Å². The van der Waals surface area contributed by atoms with Gasteiger partial charge in [-0.1, -0.05) is 18.2 Å². The molecule has 0 spiro atoms. The molecule has 0 saturated carbocycles. The Bertz CT molecular complexity index is 361. The lowest BCUT2D eigenvalue weighted by molar-refractivity contribution is 0.317. The third-order valence-corrected chi connectivity index (χ3v) is 2.40. The monoisotopic (exact) mass is 214 g/mol. The minimum Gasteiger partial charge on any atom is -0.494 e. The zero-order valence-corrected chi connectivity index (χ0v) is 8.46. The van der Waals surface area contributed by atoms with Gasteiger partial charge >= 0.3 is 0 Å². The number of para-hydroxylation sites is 1. The third-order valence-electron chi connectivity index (χ3n) is 1.57.